The van der Waals surface area contributed by atoms with Gasteiger partial charge >= 0.3 is 0 Å². The summed E-state index contributed by atoms with van der Waals surface area (Å²) in [5, 5.41) is 19.4. The summed E-state index contributed by atoms with van der Waals surface area (Å²) in [6.07, 6.45) is -1.53. The van der Waals surface area contributed by atoms with Gasteiger partial charge in [0.25, 0.3) is 0 Å². The zero-order chi connectivity index (χ0) is 12.4. The number of aliphatic hydroxyl groups is 2. The van der Waals surface area contributed by atoms with Crippen LogP contribution in [0, 0.1) is 0 Å². The van der Waals surface area contributed by atoms with Crippen LogP contribution in [-0.2, 0) is 4.79 Å². The molecule has 1 aliphatic rings. The SMILES string of the molecule is COc1ccc(N2C(=O)CC[C@H](O)C2O)cc1. The van der Waals surface area contributed by atoms with Gasteiger partial charge in [0.05, 0.1) is 13.2 Å². The van der Waals surface area contributed by atoms with E-state index in [0.717, 1.165) is 0 Å². The topological polar surface area (TPSA) is 70.0 Å². The monoisotopic (exact) mass is 237 g/mol. The molecule has 5 nitrogen and oxygen atoms in total. The molecule has 0 spiro atoms. The van der Waals surface area contributed by atoms with Gasteiger partial charge in [-0.05, 0) is 30.7 Å². The molecule has 1 aromatic carbocycles. The number of piperidine rings is 1. The minimum Gasteiger partial charge on any atom is -0.497 e. The lowest BCUT2D eigenvalue weighted by Crippen LogP contribution is -2.51. The Morgan fingerprint density at radius 2 is 1.94 bits per heavy atom. The number of nitrogens with zero attached hydrogens (tertiary/aromatic N) is 1. The number of hydrogen-bond donors (Lipinski definition) is 2. The summed E-state index contributed by atoms with van der Waals surface area (Å²) in [4.78, 5) is 12.9. The average molecular weight is 237 g/mol. The van der Waals surface area contributed by atoms with E-state index in [1.165, 1.54) is 4.90 Å². The van der Waals surface area contributed by atoms with Crippen LogP contribution in [0.2, 0.25) is 0 Å². The Kier molecular flexibility index (Phi) is 3.31. The largest absolute Gasteiger partial charge is 0.497 e. The van der Waals surface area contributed by atoms with Crippen molar-refractivity contribution in [2.45, 2.75) is 25.2 Å². The van der Waals surface area contributed by atoms with Gasteiger partial charge in [0.15, 0.2) is 6.23 Å². The summed E-state index contributed by atoms with van der Waals surface area (Å²) in [5.74, 6) is 0.487. The van der Waals surface area contributed by atoms with Crippen molar-refractivity contribution in [3.8, 4) is 5.75 Å². The summed E-state index contributed by atoms with van der Waals surface area (Å²) in [6.45, 7) is 0. The summed E-state index contributed by atoms with van der Waals surface area (Å²) in [6, 6.07) is 6.77. The first-order valence-electron chi connectivity index (χ1n) is 5.45. The molecule has 17 heavy (non-hydrogen) atoms. The Morgan fingerprint density at radius 1 is 1.29 bits per heavy atom. The molecule has 2 rings (SSSR count). The maximum Gasteiger partial charge on any atom is 0.229 e. The molecule has 92 valence electrons. The van der Waals surface area contributed by atoms with E-state index in [-0.39, 0.29) is 12.3 Å². The number of ether oxygens (including phenoxy) is 1. The van der Waals surface area contributed by atoms with Crippen molar-refractivity contribution in [1.82, 2.24) is 0 Å². The highest BCUT2D eigenvalue weighted by Gasteiger charge is 2.34. The van der Waals surface area contributed by atoms with E-state index in [0.29, 0.717) is 17.9 Å². The zero-order valence-electron chi connectivity index (χ0n) is 9.54. The first-order valence-corrected chi connectivity index (χ1v) is 5.45. The lowest BCUT2D eigenvalue weighted by atomic mass is 10.0. The van der Waals surface area contributed by atoms with Crippen LogP contribution in [0.25, 0.3) is 0 Å². The first-order chi connectivity index (χ1) is 8.13. The van der Waals surface area contributed by atoms with Gasteiger partial charge in [-0.2, -0.15) is 0 Å². The summed E-state index contributed by atoms with van der Waals surface area (Å²) >= 11 is 0. The Bertz CT molecular complexity index is 403. The van der Waals surface area contributed by atoms with Gasteiger partial charge in [-0.1, -0.05) is 0 Å². The standard InChI is InChI=1S/C12H15NO4/c1-17-9-4-2-8(3-5-9)13-11(15)7-6-10(14)12(13)16/h2-5,10,12,14,16H,6-7H2,1H3/t10-,12?/m0/s1. The van der Waals surface area contributed by atoms with E-state index in [1.54, 1.807) is 31.4 Å². The highest BCUT2D eigenvalue weighted by atomic mass is 16.5. The van der Waals surface area contributed by atoms with Crippen LogP contribution < -0.4 is 9.64 Å². The highest BCUT2D eigenvalue weighted by Crippen LogP contribution is 2.26. The molecule has 1 aliphatic heterocycles. The number of hydrogen-bond acceptors (Lipinski definition) is 4. The number of carbonyl (C=O) groups excluding carboxylic acids is 1. The predicted octanol–water partition coefficient (Wildman–Crippen LogP) is 0.501. The lowest BCUT2D eigenvalue weighted by molar-refractivity contribution is -0.127. The van der Waals surface area contributed by atoms with Crippen LogP contribution >= 0.6 is 0 Å². The second-order valence-corrected chi connectivity index (χ2v) is 3.98. The Hall–Kier alpha value is -1.59. The molecule has 2 N–H and O–H groups in total. The van der Waals surface area contributed by atoms with Crippen LogP contribution in [0.3, 0.4) is 0 Å². The minimum atomic E-state index is -1.18. The summed E-state index contributed by atoms with van der Waals surface area (Å²) in [7, 11) is 1.56. The molecule has 0 aromatic heterocycles. The molecule has 0 saturated carbocycles. The smallest absolute Gasteiger partial charge is 0.229 e. The van der Waals surface area contributed by atoms with Crippen LogP contribution in [-0.4, -0.2) is 35.6 Å². The van der Waals surface area contributed by atoms with Crippen LogP contribution in [0.1, 0.15) is 12.8 Å². The molecule has 2 atom stereocenters. The third kappa shape index (κ3) is 2.25. The van der Waals surface area contributed by atoms with Crippen LogP contribution in [0.4, 0.5) is 5.69 Å². The Labute approximate surface area is 99.2 Å². The molecule has 1 aromatic rings. The van der Waals surface area contributed by atoms with E-state index in [4.69, 9.17) is 4.74 Å². The van der Waals surface area contributed by atoms with Crippen LogP contribution in [0.15, 0.2) is 24.3 Å². The number of aliphatic hydroxyl groups excluding tert-OH is 2. The summed E-state index contributed by atoms with van der Waals surface area (Å²) in [5.41, 5.74) is 0.557. The number of carbonyl (C=O) groups is 1. The molecule has 5 heteroatoms. The maximum atomic E-state index is 11.7. The highest BCUT2D eigenvalue weighted by molar-refractivity contribution is 5.94. The van der Waals surface area contributed by atoms with E-state index in [2.05, 4.69) is 0 Å². The van der Waals surface area contributed by atoms with Gasteiger partial charge in [-0.3, -0.25) is 9.69 Å². The van der Waals surface area contributed by atoms with Crippen molar-refractivity contribution in [1.29, 1.82) is 0 Å². The van der Waals surface area contributed by atoms with Crippen molar-refractivity contribution in [3.63, 3.8) is 0 Å². The molecule has 0 bridgehead atoms. The molecule has 0 aliphatic carbocycles. The fraction of sp³-hybridized carbons (Fsp3) is 0.417. The minimum absolute atomic E-state index is 0.187. The molecule has 0 radical (unpaired) electrons. The van der Waals surface area contributed by atoms with E-state index in [1.807, 2.05) is 0 Å². The molecule has 1 unspecified atom stereocenters. The number of anilines is 1. The predicted molar refractivity (Wildman–Crippen MR) is 61.7 cm³/mol. The average Bonchev–Trinajstić information content (AvgIpc) is 2.35. The normalized spacial score (nSPS) is 24.9. The molecule has 1 heterocycles. The summed E-state index contributed by atoms with van der Waals surface area (Å²) < 4.78 is 5.02. The molecular formula is C12H15NO4. The van der Waals surface area contributed by atoms with Crippen molar-refractivity contribution < 1.29 is 19.7 Å². The number of benzene rings is 1. The molecule has 1 saturated heterocycles. The Morgan fingerprint density at radius 3 is 2.53 bits per heavy atom. The third-order valence-corrected chi connectivity index (χ3v) is 2.88. The van der Waals surface area contributed by atoms with Crippen LogP contribution in [0.5, 0.6) is 5.75 Å². The van der Waals surface area contributed by atoms with Gasteiger partial charge in [-0.15, -0.1) is 0 Å². The third-order valence-electron chi connectivity index (χ3n) is 2.88. The first kappa shape index (κ1) is 11.9. The van der Waals surface area contributed by atoms with Gasteiger partial charge in [0, 0.05) is 12.1 Å². The van der Waals surface area contributed by atoms with E-state index in [9.17, 15) is 15.0 Å². The fourth-order valence-electron chi connectivity index (χ4n) is 1.90. The van der Waals surface area contributed by atoms with Gasteiger partial charge in [-0.25, -0.2) is 0 Å². The zero-order valence-corrected chi connectivity index (χ0v) is 9.54. The van der Waals surface area contributed by atoms with Crippen molar-refractivity contribution >= 4 is 11.6 Å². The number of amides is 1. The molecule has 1 fully saturated rings. The van der Waals surface area contributed by atoms with Crippen molar-refractivity contribution in [2.75, 3.05) is 12.0 Å². The quantitative estimate of drug-likeness (QED) is 0.786. The fourth-order valence-corrected chi connectivity index (χ4v) is 1.90. The van der Waals surface area contributed by atoms with E-state index >= 15 is 0 Å². The van der Waals surface area contributed by atoms with Gasteiger partial charge < -0.3 is 14.9 Å². The maximum absolute atomic E-state index is 11.7. The van der Waals surface area contributed by atoms with Gasteiger partial charge in [0.1, 0.15) is 5.75 Å². The lowest BCUT2D eigenvalue weighted by Gasteiger charge is -2.35. The Balaban J connectivity index is 2.26. The second kappa shape index (κ2) is 4.73. The van der Waals surface area contributed by atoms with Crippen molar-refractivity contribution in [3.05, 3.63) is 24.3 Å². The second-order valence-electron chi connectivity index (χ2n) is 3.98. The molecule has 1 amide bonds. The number of rotatable bonds is 2. The number of methoxy groups -OCH3 is 1. The molecular weight excluding hydrogens is 222 g/mol. The van der Waals surface area contributed by atoms with E-state index < -0.39 is 12.3 Å². The van der Waals surface area contributed by atoms with Gasteiger partial charge in [0.2, 0.25) is 5.91 Å². The van der Waals surface area contributed by atoms with Crippen molar-refractivity contribution in [2.24, 2.45) is 0 Å².